The molecule has 0 aliphatic carbocycles. The van der Waals surface area contributed by atoms with Crippen LogP contribution in [0.25, 0.3) is 0 Å². The molecule has 218 valence electrons. The van der Waals surface area contributed by atoms with E-state index in [4.69, 9.17) is 34.8 Å². The van der Waals surface area contributed by atoms with Crippen LogP contribution in [0.1, 0.15) is 11.1 Å². The van der Waals surface area contributed by atoms with Crippen molar-refractivity contribution in [1.82, 2.24) is 10.2 Å². The number of sulfonamides is 1. The summed E-state index contributed by atoms with van der Waals surface area (Å²) >= 11 is 18.5. The van der Waals surface area contributed by atoms with Crippen LogP contribution in [0.3, 0.4) is 0 Å². The number of benzene rings is 4. The van der Waals surface area contributed by atoms with Crippen LogP contribution in [0.15, 0.2) is 108 Å². The predicted octanol–water partition coefficient (Wildman–Crippen LogP) is 6.23. The molecule has 0 heterocycles. The molecule has 0 unspecified atom stereocenters. The van der Waals surface area contributed by atoms with Gasteiger partial charge < -0.3 is 10.2 Å². The number of hydrogen-bond acceptors (Lipinski definition) is 4. The highest BCUT2D eigenvalue weighted by atomic mass is 35.5. The third-order valence-electron chi connectivity index (χ3n) is 6.58. The molecule has 0 saturated carbocycles. The lowest BCUT2D eigenvalue weighted by molar-refractivity contribution is -0.139. The third-order valence-corrected chi connectivity index (χ3v) is 9.36. The van der Waals surface area contributed by atoms with E-state index in [1.54, 1.807) is 42.5 Å². The first-order valence-corrected chi connectivity index (χ1v) is 15.5. The minimum atomic E-state index is -4.24. The van der Waals surface area contributed by atoms with E-state index in [0.29, 0.717) is 10.6 Å². The molecule has 0 aromatic heterocycles. The molecule has 4 rings (SSSR count). The van der Waals surface area contributed by atoms with Crippen molar-refractivity contribution in [3.8, 4) is 0 Å². The van der Waals surface area contributed by atoms with E-state index in [-0.39, 0.29) is 33.6 Å². The van der Waals surface area contributed by atoms with Crippen LogP contribution in [-0.4, -0.2) is 44.8 Å². The lowest BCUT2D eigenvalue weighted by Crippen LogP contribution is -2.53. The standard InChI is InChI=1S/C31H28Cl3N3O4S/c1-35-31(39)29(18-22-8-4-2-5-9-22)36(20-23-12-14-24(32)15-13-23)30(38)21-37(25-16-17-27(33)28(34)19-25)42(40,41)26-10-6-3-7-11-26/h2-17,19,29H,18,20-21H2,1H3,(H,35,39)/t29-/m0/s1. The number of amides is 2. The summed E-state index contributed by atoms with van der Waals surface area (Å²) in [6.45, 7) is -0.577. The quantitative estimate of drug-likeness (QED) is 0.210. The fourth-order valence-corrected chi connectivity index (χ4v) is 6.24. The Hall–Kier alpha value is -3.56. The summed E-state index contributed by atoms with van der Waals surface area (Å²) < 4.78 is 28.8. The minimum absolute atomic E-state index is 0.0136. The topological polar surface area (TPSA) is 86.8 Å². The highest BCUT2D eigenvalue weighted by Crippen LogP contribution is 2.31. The van der Waals surface area contributed by atoms with E-state index < -0.39 is 34.4 Å². The van der Waals surface area contributed by atoms with Crippen LogP contribution in [0, 0.1) is 0 Å². The Morgan fingerprint density at radius 1 is 0.786 bits per heavy atom. The second-order valence-electron chi connectivity index (χ2n) is 9.39. The molecule has 0 aliphatic heterocycles. The molecule has 0 aliphatic rings. The zero-order valence-corrected chi connectivity index (χ0v) is 25.7. The Bertz CT molecular complexity index is 1640. The van der Waals surface area contributed by atoms with Crippen molar-refractivity contribution in [1.29, 1.82) is 0 Å². The number of nitrogens with zero attached hydrogens (tertiary/aromatic N) is 2. The molecule has 1 atom stereocenters. The summed E-state index contributed by atoms with van der Waals surface area (Å²) in [5, 5.41) is 3.53. The van der Waals surface area contributed by atoms with Crippen LogP contribution < -0.4 is 9.62 Å². The number of carbonyl (C=O) groups excluding carboxylic acids is 2. The molecule has 0 bridgehead atoms. The number of halogens is 3. The maximum absolute atomic E-state index is 14.2. The van der Waals surface area contributed by atoms with Crippen molar-refractivity contribution < 1.29 is 18.0 Å². The van der Waals surface area contributed by atoms with E-state index in [1.807, 2.05) is 30.3 Å². The van der Waals surface area contributed by atoms with Gasteiger partial charge in [-0.3, -0.25) is 13.9 Å². The number of anilines is 1. The number of nitrogens with one attached hydrogen (secondary N) is 1. The Kier molecular flexibility index (Phi) is 10.5. The van der Waals surface area contributed by atoms with E-state index in [9.17, 15) is 18.0 Å². The lowest BCUT2D eigenvalue weighted by atomic mass is 10.0. The Labute approximate surface area is 260 Å². The van der Waals surface area contributed by atoms with E-state index in [0.717, 1.165) is 9.87 Å². The van der Waals surface area contributed by atoms with Crippen LogP contribution in [-0.2, 0) is 32.6 Å². The van der Waals surface area contributed by atoms with Crippen molar-refractivity contribution in [2.24, 2.45) is 0 Å². The predicted molar refractivity (Wildman–Crippen MR) is 167 cm³/mol. The Balaban J connectivity index is 1.79. The van der Waals surface area contributed by atoms with Crippen LogP contribution in [0.2, 0.25) is 15.1 Å². The fourth-order valence-electron chi connectivity index (χ4n) is 4.40. The highest BCUT2D eigenvalue weighted by Gasteiger charge is 2.34. The molecule has 2 amide bonds. The van der Waals surface area contributed by atoms with Gasteiger partial charge >= 0.3 is 0 Å². The van der Waals surface area contributed by atoms with Gasteiger partial charge in [0.15, 0.2) is 0 Å². The molecule has 0 spiro atoms. The van der Waals surface area contributed by atoms with Gasteiger partial charge in [0.2, 0.25) is 11.8 Å². The Morgan fingerprint density at radius 2 is 1.40 bits per heavy atom. The highest BCUT2D eigenvalue weighted by molar-refractivity contribution is 7.92. The molecule has 4 aromatic rings. The molecule has 0 fully saturated rings. The van der Waals surface area contributed by atoms with Crippen molar-refractivity contribution in [3.63, 3.8) is 0 Å². The lowest BCUT2D eigenvalue weighted by Gasteiger charge is -2.33. The maximum atomic E-state index is 14.2. The smallest absolute Gasteiger partial charge is 0.264 e. The normalized spacial score (nSPS) is 11.9. The maximum Gasteiger partial charge on any atom is 0.264 e. The first kappa shape index (κ1) is 31.4. The van der Waals surface area contributed by atoms with Gasteiger partial charge in [0.25, 0.3) is 10.0 Å². The van der Waals surface area contributed by atoms with Gasteiger partial charge in [-0.15, -0.1) is 0 Å². The van der Waals surface area contributed by atoms with Crippen molar-refractivity contribution in [3.05, 3.63) is 129 Å². The van der Waals surface area contributed by atoms with E-state index >= 15 is 0 Å². The zero-order chi connectivity index (χ0) is 30.3. The van der Waals surface area contributed by atoms with Crippen molar-refractivity contribution >= 4 is 62.3 Å². The number of hydrogen-bond donors (Lipinski definition) is 1. The first-order chi connectivity index (χ1) is 20.1. The summed E-state index contributed by atoms with van der Waals surface area (Å²) in [5.74, 6) is -0.992. The van der Waals surface area contributed by atoms with Crippen LogP contribution in [0.5, 0.6) is 0 Å². The molecular weight excluding hydrogens is 617 g/mol. The molecule has 42 heavy (non-hydrogen) atoms. The average molecular weight is 645 g/mol. The fraction of sp³-hybridized carbons (Fsp3) is 0.161. The van der Waals surface area contributed by atoms with E-state index in [1.165, 1.54) is 42.3 Å². The summed E-state index contributed by atoms with van der Waals surface area (Å²) in [6, 6.07) is 27.3. The largest absolute Gasteiger partial charge is 0.357 e. The van der Waals surface area contributed by atoms with Crippen LogP contribution in [0.4, 0.5) is 5.69 Å². The molecule has 7 nitrogen and oxygen atoms in total. The summed E-state index contributed by atoms with van der Waals surface area (Å²) in [6.07, 6.45) is 0.206. The second-order valence-corrected chi connectivity index (χ2v) is 12.5. The van der Waals surface area contributed by atoms with Gasteiger partial charge in [-0.05, 0) is 53.6 Å². The van der Waals surface area contributed by atoms with Gasteiger partial charge in [0.05, 0.1) is 20.6 Å². The van der Waals surface area contributed by atoms with Crippen molar-refractivity contribution in [2.45, 2.75) is 23.9 Å². The molecular formula is C31H28Cl3N3O4S. The number of likely N-dealkylation sites (N-methyl/N-ethyl adjacent to an activating group) is 1. The molecule has 1 N–H and O–H groups in total. The van der Waals surface area contributed by atoms with Gasteiger partial charge in [0.1, 0.15) is 12.6 Å². The van der Waals surface area contributed by atoms with Crippen molar-refractivity contribution in [2.75, 3.05) is 17.9 Å². The zero-order valence-electron chi connectivity index (χ0n) is 22.6. The summed E-state index contributed by atoms with van der Waals surface area (Å²) in [7, 11) is -2.74. The van der Waals surface area contributed by atoms with Gasteiger partial charge in [0, 0.05) is 25.0 Å². The Morgan fingerprint density at radius 3 is 2.00 bits per heavy atom. The summed E-state index contributed by atoms with van der Waals surface area (Å²) in [4.78, 5) is 28.9. The monoisotopic (exact) mass is 643 g/mol. The summed E-state index contributed by atoms with van der Waals surface area (Å²) in [5.41, 5.74) is 1.69. The molecule has 0 radical (unpaired) electrons. The average Bonchev–Trinajstić information content (AvgIpc) is 3.00. The molecule has 4 aromatic carbocycles. The van der Waals surface area contributed by atoms with Gasteiger partial charge in [-0.1, -0.05) is 95.5 Å². The minimum Gasteiger partial charge on any atom is -0.357 e. The first-order valence-electron chi connectivity index (χ1n) is 12.9. The van der Waals surface area contributed by atoms with E-state index in [2.05, 4.69) is 5.32 Å². The molecule has 11 heteroatoms. The third kappa shape index (κ3) is 7.63. The molecule has 0 saturated heterocycles. The number of rotatable bonds is 11. The second kappa shape index (κ2) is 14.1. The SMILES string of the molecule is CNC(=O)[C@H](Cc1ccccc1)N(Cc1ccc(Cl)cc1)C(=O)CN(c1ccc(Cl)c(Cl)c1)S(=O)(=O)c1ccccc1. The van der Waals surface area contributed by atoms with Crippen LogP contribution >= 0.6 is 34.8 Å². The van der Waals surface area contributed by atoms with Gasteiger partial charge in [-0.25, -0.2) is 8.42 Å². The number of carbonyl (C=O) groups is 2. The van der Waals surface area contributed by atoms with Gasteiger partial charge in [-0.2, -0.15) is 0 Å².